The molecule has 2 saturated heterocycles. The van der Waals surface area contributed by atoms with E-state index in [-0.39, 0.29) is 17.9 Å². The third kappa shape index (κ3) is 4.29. The molecular formula is C24H28N2O3. The summed E-state index contributed by atoms with van der Waals surface area (Å²) in [5, 5.41) is 0. The van der Waals surface area contributed by atoms with E-state index in [9.17, 15) is 9.59 Å². The van der Waals surface area contributed by atoms with Gasteiger partial charge in [0.15, 0.2) is 0 Å². The quantitative estimate of drug-likeness (QED) is 0.743. The van der Waals surface area contributed by atoms with Crippen LogP contribution in [0.15, 0.2) is 48.5 Å². The maximum Gasteiger partial charge on any atom is 0.227 e. The third-order valence-electron chi connectivity index (χ3n) is 5.83. The molecule has 2 aromatic rings. The van der Waals surface area contributed by atoms with Gasteiger partial charge in [0, 0.05) is 25.2 Å². The van der Waals surface area contributed by atoms with Crippen LogP contribution in [0.25, 0.3) is 0 Å². The van der Waals surface area contributed by atoms with Crippen LogP contribution in [-0.4, -0.2) is 36.4 Å². The van der Waals surface area contributed by atoms with Crippen LogP contribution in [0.1, 0.15) is 49.8 Å². The van der Waals surface area contributed by atoms with Crippen molar-refractivity contribution in [1.82, 2.24) is 4.90 Å². The Hall–Kier alpha value is -2.82. The first-order valence-corrected chi connectivity index (χ1v) is 10.6. The number of anilines is 1. The largest absolute Gasteiger partial charge is 0.494 e. The number of amides is 2. The number of likely N-dealkylation sites (tertiary alicyclic amines) is 1. The fourth-order valence-corrected chi connectivity index (χ4v) is 4.36. The highest BCUT2D eigenvalue weighted by Crippen LogP contribution is 2.33. The highest BCUT2D eigenvalue weighted by Gasteiger charge is 2.30. The van der Waals surface area contributed by atoms with Gasteiger partial charge in [-0.25, -0.2) is 0 Å². The van der Waals surface area contributed by atoms with Gasteiger partial charge in [-0.05, 0) is 61.6 Å². The van der Waals surface area contributed by atoms with Crippen LogP contribution in [0.3, 0.4) is 0 Å². The Morgan fingerprint density at radius 1 is 1.03 bits per heavy atom. The van der Waals surface area contributed by atoms with Gasteiger partial charge in [-0.15, -0.1) is 0 Å². The van der Waals surface area contributed by atoms with Crippen LogP contribution in [-0.2, 0) is 16.0 Å². The van der Waals surface area contributed by atoms with Crippen molar-refractivity contribution in [2.24, 2.45) is 0 Å². The van der Waals surface area contributed by atoms with E-state index in [4.69, 9.17) is 4.74 Å². The molecule has 0 N–H and O–H groups in total. The van der Waals surface area contributed by atoms with E-state index in [1.807, 2.05) is 53.1 Å². The molecule has 4 rings (SSSR count). The molecule has 2 fully saturated rings. The zero-order valence-corrected chi connectivity index (χ0v) is 17.0. The Labute approximate surface area is 172 Å². The Morgan fingerprint density at radius 3 is 2.45 bits per heavy atom. The summed E-state index contributed by atoms with van der Waals surface area (Å²) in [5.41, 5.74) is 3.09. The van der Waals surface area contributed by atoms with Gasteiger partial charge in [0.2, 0.25) is 11.8 Å². The van der Waals surface area contributed by atoms with Crippen molar-refractivity contribution in [2.75, 3.05) is 24.6 Å². The molecule has 2 amide bonds. The highest BCUT2D eigenvalue weighted by atomic mass is 16.5. The Balaban J connectivity index is 1.41. The Morgan fingerprint density at radius 2 is 1.79 bits per heavy atom. The van der Waals surface area contributed by atoms with E-state index < -0.39 is 0 Å². The summed E-state index contributed by atoms with van der Waals surface area (Å²) < 4.78 is 5.52. The molecule has 0 bridgehead atoms. The van der Waals surface area contributed by atoms with E-state index in [2.05, 4.69) is 12.1 Å². The molecule has 0 aromatic heterocycles. The fourth-order valence-electron chi connectivity index (χ4n) is 4.36. The van der Waals surface area contributed by atoms with E-state index in [1.54, 1.807) is 0 Å². The van der Waals surface area contributed by atoms with Gasteiger partial charge in [0.1, 0.15) is 5.75 Å². The summed E-state index contributed by atoms with van der Waals surface area (Å²) in [4.78, 5) is 28.7. The zero-order chi connectivity index (χ0) is 20.2. The highest BCUT2D eigenvalue weighted by molar-refractivity contribution is 5.95. The fraction of sp³-hybridized carbons (Fsp3) is 0.417. The first kappa shape index (κ1) is 19.5. The molecule has 2 aromatic carbocycles. The number of carbonyl (C=O) groups excluding carboxylic acids is 2. The van der Waals surface area contributed by atoms with Crippen LogP contribution in [0.4, 0.5) is 5.69 Å². The molecule has 0 spiro atoms. The van der Waals surface area contributed by atoms with E-state index >= 15 is 0 Å². The number of hydrogen-bond donors (Lipinski definition) is 0. The minimum atomic E-state index is 0.139. The standard InChI is InChI=1S/C24H28N2O3/c1-2-29-21-13-9-19(10-14-21)22-5-3-16-26(22)24(28)17-18-7-11-20(12-8-18)25-15-4-6-23(25)27/h7-14,22H,2-6,15-17H2,1H3/t22-/m1/s1. The van der Waals surface area contributed by atoms with Crippen molar-refractivity contribution in [3.05, 3.63) is 59.7 Å². The van der Waals surface area contributed by atoms with E-state index in [0.29, 0.717) is 19.4 Å². The maximum atomic E-state index is 13.0. The monoisotopic (exact) mass is 392 g/mol. The predicted molar refractivity (Wildman–Crippen MR) is 113 cm³/mol. The predicted octanol–water partition coefficient (Wildman–Crippen LogP) is 4.12. The van der Waals surface area contributed by atoms with Crippen molar-refractivity contribution < 1.29 is 14.3 Å². The van der Waals surface area contributed by atoms with Gasteiger partial charge in [0.25, 0.3) is 0 Å². The molecule has 5 heteroatoms. The van der Waals surface area contributed by atoms with Crippen molar-refractivity contribution in [1.29, 1.82) is 0 Å². The van der Waals surface area contributed by atoms with Gasteiger partial charge in [-0.2, -0.15) is 0 Å². The summed E-state index contributed by atoms with van der Waals surface area (Å²) in [6.07, 6.45) is 3.96. The molecule has 2 aliphatic heterocycles. The van der Waals surface area contributed by atoms with Crippen LogP contribution in [0, 0.1) is 0 Å². The lowest BCUT2D eigenvalue weighted by atomic mass is 10.0. The summed E-state index contributed by atoms with van der Waals surface area (Å²) >= 11 is 0. The molecule has 0 unspecified atom stereocenters. The van der Waals surface area contributed by atoms with Gasteiger partial charge in [-0.3, -0.25) is 9.59 Å². The van der Waals surface area contributed by atoms with Crippen molar-refractivity contribution in [3.8, 4) is 5.75 Å². The molecule has 1 atom stereocenters. The lowest BCUT2D eigenvalue weighted by molar-refractivity contribution is -0.131. The SMILES string of the molecule is CCOc1ccc([C@H]2CCCN2C(=O)Cc2ccc(N3CCCC3=O)cc2)cc1. The van der Waals surface area contributed by atoms with Crippen molar-refractivity contribution in [2.45, 2.75) is 45.1 Å². The maximum absolute atomic E-state index is 13.0. The van der Waals surface area contributed by atoms with E-state index in [0.717, 1.165) is 49.4 Å². The normalized spacial score (nSPS) is 19.1. The lowest BCUT2D eigenvalue weighted by Gasteiger charge is -2.25. The summed E-state index contributed by atoms with van der Waals surface area (Å²) in [7, 11) is 0. The van der Waals surface area contributed by atoms with Crippen LogP contribution >= 0.6 is 0 Å². The van der Waals surface area contributed by atoms with Crippen LogP contribution in [0.5, 0.6) is 5.75 Å². The molecule has 152 valence electrons. The number of benzene rings is 2. The lowest BCUT2D eigenvalue weighted by Crippen LogP contribution is -2.31. The molecule has 2 aliphatic rings. The first-order chi connectivity index (χ1) is 14.2. The summed E-state index contributed by atoms with van der Waals surface area (Å²) in [5.74, 6) is 1.21. The first-order valence-electron chi connectivity index (χ1n) is 10.6. The average Bonchev–Trinajstić information content (AvgIpc) is 3.39. The van der Waals surface area contributed by atoms with Crippen LogP contribution < -0.4 is 9.64 Å². The number of rotatable bonds is 6. The molecule has 0 aliphatic carbocycles. The van der Waals surface area contributed by atoms with Crippen LogP contribution in [0.2, 0.25) is 0 Å². The Bertz CT molecular complexity index is 861. The molecule has 0 radical (unpaired) electrons. The van der Waals surface area contributed by atoms with Crippen molar-refractivity contribution in [3.63, 3.8) is 0 Å². The molecule has 29 heavy (non-hydrogen) atoms. The second-order valence-electron chi connectivity index (χ2n) is 7.74. The molecular weight excluding hydrogens is 364 g/mol. The summed E-state index contributed by atoms with van der Waals surface area (Å²) in [6.45, 7) is 4.21. The number of carbonyl (C=O) groups is 2. The van der Waals surface area contributed by atoms with E-state index in [1.165, 1.54) is 5.56 Å². The van der Waals surface area contributed by atoms with Gasteiger partial charge in [-0.1, -0.05) is 24.3 Å². The second-order valence-corrected chi connectivity index (χ2v) is 7.74. The smallest absolute Gasteiger partial charge is 0.227 e. The summed E-state index contributed by atoms with van der Waals surface area (Å²) in [6, 6.07) is 16.1. The van der Waals surface area contributed by atoms with Crippen molar-refractivity contribution >= 4 is 17.5 Å². The zero-order valence-electron chi connectivity index (χ0n) is 17.0. The average molecular weight is 392 g/mol. The van der Waals surface area contributed by atoms with Gasteiger partial charge < -0.3 is 14.5 Å². The second kappa shape index (κ2) is 8.68. The minimum absolute atomic E-state index is 0.139. The number of hydrogen-bond acceptors (Lipinski definition) is 3. The topological polar surface area (TPSA) is 49.9 Å². The Kier molecular flexibility index (Phi) is 5.84. The third-order valence-corrected chi connectivity index (χ3v) is 5.83. The molecule has 0 saturated carbocycles. The molecule has 5 nitrogen and oxygen atoms in total. The van der Waals surface area contributed by atoms with Gasteiger partial charge in [0.05, 0.1) is 19.1 Å². The number of nitrogens with zero attached hydrogens (tertiary/aromatic N) is 2. The minimum Gasteiger partial charge on any atom is -0.494 e. The number of ether oxygens (including phenoxy) is 1. The molecule has 2 heterocycles. The van der Waals surface area contributed by atoms with Gasteiger partial charge >= 0.3 is 0 Å².